The Morgan fingerprint density at radius 3 is 2.42 bits per heavy atom. The molecule has 2 N–H and O–H groups in total. The Morgan fingerprint density at radius 2 is 1.89 bits per heavy atom. The molecule has 0 aliphatic rings. The van der Waals surface area contributed by atoms with Gasteiger partial charge in [0.1, 0.15) is 0 Å². The van der Waals surface area contributed by atoms with Crippen LogP contribution in [0.3, 0.4) is 0 Å². The summed E-state index contributed by atoms with van der Waals surface area (Å²) in [5, 5.41) is 9.01. The molecule has 1 amide bonds. The van der Waals surface area contributed by atoms with Crippen LogP contribution < -0.4 is 10.9 Å². The van der Waals surface area contributed by atoms with Gasteiger partial charge in [-0.25, -0.2) is 5.10 Å². The second-order valence-electron chi connectivity index (χ2n) is 4.12. The largest absolute Gasteiger partial charge is 0.322 e. The van der Waals surface area contributed by atoms with Crippen LogP contribution in [-0.2, 0) is 4.79 Å². The van der Waals surface area contributed by atoms with Gasteiger partial charge in [-0.1, -0.05) is 18.7 Å². The standard InChI is InChI=1S/C14H13N3O2/c1-9(2)14(19)15-11-5-3-10(4-6-11)12-7-8-13(18)17-16-12/h3-8H,1H2,2H3,(H,15,19)(H,17,18). The van der Waals surface area contributed by atoms with Crippen LogP contribution in [0.15, 0.2) is 53.3 Å². The van der Waals surface area contributed by atoms with Crippen LogP contribution in [0.4, 0.5) is 5.69 Å². The Balaban J connectivity index is 2.19. The quantitative estimate of drug-likeness (QED) is 0.823. The summed E-state index contributed by atoms with van der Waals surface area (Å²) in [6, 6.07) is 10.2. The molecule has 1 aromatic heterocycles. The molecular formula is C14H13N3O2. The van der Waals surface area contributed by atoms with Gasteiger partial charge < -0.3 is 5.32 Å². The minimum Gasteiger partial charge on any atom is -0.322 e. The predicted octanol–water partition coefficient (Wildman–Crippen LogP) is 1.95. The first-order valence-electron chi connectivity index (χ1n) is 5.69. The summed E-state index contributed by atoms with van der Waals surface area (Å²) in [7, 11) is 0. The number of nitrogens with zero attached hydrogens (tertiary/aromatic N) is 1. The summed E-state index contributed by atoms with van der Waals surface area (Å²) in [4.78, 5) is 22.4. The molecule has 0 aliphatic heterocycles. The number of anilines is 1. The number of aromatic amines is 1. The third kappa shape index (κ3) is 3.16. The molecule has 0 aliphatic carbocycles. The predicted molar refractivity (Wildman–Crippen MR) is 73.7 cm³/mol. The Morgan fingerprint density at radius 1 is 1.21 bits per heavy atom. The lowest BCUT2D eigenvalue weighted by Crippen LogP contribution is -2.11. The number of aromatic nitrogens is 2. The normalized spacial score (nSPS) is 9.95. The maximum atomic E-state index is 11.4. The topological polar surface area (TPSA) is 74.8 Å². The molecule has 1 aromatic carbocycles. The van der Waals surface area contributed by atoms with Gasteiger partial charge in [-0.15, -0.1) is 0 Å². The van der Waals surface area contributed by atoms with Crippen LogP contribution in [0, 0.1) is 0 Å². The van der Waals surface area contributed by atoms with Crippen molar-refractivity contribution in [3.05, 3.63) is 58.9 Å². The third-order valence-corrected chi connectivity index (χ3v) is 2.51. The molecule has 0 radical (unpaired) electrons. The summed E-state index contributed by atoms with van der Waals surface area (Å²) in [5.41, 5.74) is 2.41. The Kier molecular flexibility index (Phi) is 3.56. The molecule has 2 rings (SSSR count). The van der Waals surface area contributed by atoms with Crippen molar-refractivity contribution < 1.29 is 4.79 Å². The maximum absolute atomic E-state index is 11.4. The number of benzene rings is 1. The Labute approximate surface area is 110 Å². The van der Waals surface area contributed by atoms with E-state index in [0.717, 1.165) is 5.56 Å². The molecule has 0 spiro atoms. The van der Waals surface area contributed by atoms with Gasteiger partial charge in [0.2, 0.25) is 0 Å². The van der Waals surface area contributed by atoms with E-state index < -0.39 is 0 Å². The number of carbonyl (C=O) groups excluding carboxylic acids is 1. The molecule has 96 valence electrons. The average Bonchev–Trinajstić information content (AvgIpc) is 2.40. The summed E-state index contributed by atoms with van der Waals surface area (Å²) in [5.74, 6) is -0.213. The van der Waals surface area contributed by atoms with Crippen molar-refractivity contribution in [3.8, 4) is 11.3 Å². The molecule has 1 heterocycles. The number of hydrogen-bond donors (Lipinski definition) is 2. The van der Waals surface area contributed by atoms with Gasteiger partial charge in [-0.2, -0.15) is 5.10 Å². The third-order valence-electron chi connectivity index (χ3n) is 2.51. The van der Waals surface area contributed by atoms with E-state index in [4.69, 9.17) is 0 Å². The zero-order valence-electron chi connectivity index (χ0n) is 10.4. The molecule has 0 atom stereocenters. The first kappa shape index (κ1) is 12.8. The smallest absolute Gasteiger partial charge is 0.264 e. The fourth-order valence-electron chi connectivity index (χ4n) is 1.47. The molecule has 0 fully saturated rings. The number of hydrogen-bond acceptors (Lipinski definition) is 3. The van der Waals surface area contributed by atoms with Crippen LogP contribution in [-0.4, -0.2) is 16.1 Å². The van der Waals surface area contributed by atoms with E-state index in [9.17, 15) is 9.59 Å². The Bertz CT molecular complexity index is 651. The van der Waals surface area contributed by atoms with Crippen molar-refractivity contribution in [2.45, 2.75) is 6.92 Å². The van der Waals surface area contributed by atoms with Gasteiger partial charge in [0.15, 0.2) is 0 Å². The van der Waals surface area contributed by atoms with Crippen molar-refractivity contribution in [3.63, 3.8) is 0 Å². The van der Waals surface area contributed by atoms with Crippen LogP contribution >= 0.6 is 0 Å². The molecule has 0 bridgehead atoms. The van der Waals surface area contributed by atoms with Gasteiger partial charge >= 0.3 is 0 Å². The number of nitrogens with one attached hydrogen (secondary N) is 2. The van der Waals surface area contributed by atoms with E-state index in [1.807, 2.05) is 12.1 Å². The Hall–Kier alpha value is -2.69. The lowest BCUT2D eigenvalue weighted by atomic mass is 10.1. The van der Waals surface area contributed by atoms with E-state index in [1.54, 1.807) is 25.1 Å². The zero-order chi connectivity index (χ0) is 13.8. The average molecular weight is 255 g/mol. The highest BCUT2D eigenvalue weighted by Gasteiger charge is 2.03. The highest BCUT2D eigenvalue weighted by Crippen LogP contribution is 2.18. The first-order valence-corrected chi connectivity index (χ1v) is 5.69. The molecule has 0 saturated carbocycles. The van der Waals surface area contributed by atoms with Crippen molar-refractivity contribution in [2.75, 3.05) is 5.32 Å². The number of rotatable bonds is 3. The number of amides is 1. The van der Waals surface area contributed by atoms with Gasteiger partial charge in [-0.05, 0) is 25.1 Å². The fraction of sp³-hybridized carbons (Fsp3) is 0.0714. The number of H-pyrrole nitrogens is 1. The lowest BCUT2D eigenvalue weighted by molar-refractivity contribution is -0.112. The van der Waals surface area contributed by atoms with Crippen molar-refractivity contribution in [1.82, 2.24) is 10.2 Å². The zero-order valence-corrected chi connectivity index (χ0v) is 10.4. The van der Waals surface area contributed by atoms with Gasteiger partial charge in [-0.3, -0.25) is 9.59 Å². The molecule has 5 heteroatoms. The van der Waals surface area contributed by atoms with Gasteiger partial charge in [0.25, 0.3) is 11.5 Å². The van der Waals surface area contributed by atoms with Crippen LogP contribution in [0.1, 0.15) is 6.92 Å². The molecule has 19 heavy (non-hydrogen) atoms. The lowest BCUT2D eigenvalue weighted by Gasteiger charge is -2.05. The van der Waals surface area contributed by atoms with Gasteiger partial charge in [0.05, 0.1) is 5.69 Å². The van der Waals surface area contributed by atoms with Crippen molar-refractivity contribution >= 4 is 11.6 Å². The SMILES string of the molecule is C=C(C)C(=O)Nc1ccc(-c2ccc(=O)[nH]n2)cc1. The minimum absolute atomic E-state index is 0.213. The second kappa shape index (κ2) is 5.30. The molecule has 2 aromatic rings. The molecule has 5 nitrogen and oxygen atoms in total. The summed E-state index contributed by atoms with van der Waals surface area (Å²) >= 11 is 0. The highest BCUT2D eigenvalue weighted by atomic mass is 16.1. The minimum atomic E-state index is -0.242. The van der Waals surface area contributed by atoms with E-state index >= 15 is 0 Å². The van der Waals surface area contributed by atoms with E-state index in [0.29, 0.717) is 17.0 Å². The van der Waals surface area contributed by atoms with E-state index in [-0.39, 0.29) is 11.5 Å². The fourth-order valence-corrected chi connectivity index (χ4v) is 1.47. The van der Waals surface area contributed by atoms with Crippen molar-refractivity contribution in [2.24, 2.45) is 0 Å². The van der Waals surface area contributed by atoms with Crippen LogP contribution in [0.5, 0.6) is 0 Å². The molecule has 0 unspecified atom stereocenters. The molecular weight excluding hydrogens is 242 g/mol. The van der Waals surface area contributed by atoms with Gasteiger partial charge in [0, 0.05) is 22.9 Å². The summed E-state index contributed by atoms with van der Waals surface area (Å²) < 4.78 is 0. The summed E-state index contributed by atoms with van der Waals surface area (Å²) in [6.07, 6.45) is 0. The number of carbonyl (C=O) groups is 1. The maximum Gasteiger partial charge on any atom is 0.264 e. The van der Waals surface area contributed by atoms with E-state index in [2.05, 4.69) is 22.1 Å². The monoisotopic (exact) mass is 255 g/mol. The summed E-state index contributed by atoms with van der Waals surface area (Å²) in [6.45, 7) is 5.22. The second-order valence-corrected chi connectivity index (χ2v) is 4.12. The van der Waals surface area contributed by atoms with Crippen molar-refractivity contribution in [1.29, 1.82) is 0 Å². The highest BCUT2D eigenvalue weighted by molar-refractivity contribution is 6.02. The van der Waals surface area contributed by atoms with Crippen LogP contribution in [0.2, 0.25) is 0 Å². The van der Waals surface area contributed by atoms with Crippen LogP contribution in [0.25, 0.3) is 11.3 Å². The molecule has 0 saturated heterocycles. The van der Waals surface area contributed by atoms with E-state index in [1.165, 1.54) is 6.07 Å². The first-order chi connectivity index (χ1) is 9.06.